The number of imidazole rings is 1. The van der Waals surface area contributed by atoms with Gasteiger partial charge in [0.15, 0.2) is 11.2 Å². The smallest absolute Gasteiger partial charge is 0.280 e. The number of rotatable bonds is 12. The molecule has 1 fully saturated rings. The van der Waals surface area contributed by atoms with Gasteiger partial charge >= 0.3 is 0 Å². The normalized spacial score (nSPS) is 24.0. The van der Waals surface area contributed by atoms with Crippen LogP contribution in [0.25, 0.3) is 11.2 Å². The first kappa shape index (κ1) is 24.6. The third-order valence-corrected chi connectivity index (χ3v) is 5.75. The molecule has 1 saturated heterocycles. The molecule has 1 aliphatic rings. The number of unbranched alkanes of at least 4 members (excludes halogenated alkanes) is 2. The minimum absolute atomic E-state index is 0.0565. The molecule has 0 amide bonds. The topological polar surface area (TPSA) is 186 Å². The van der Waals surface area contributed by atoms with Crippen LogP contribution in [0.4, 0.5) is 5.95 Å². The second kappa shape index (κ2) is 11.2. The van der Waals surface area contributed by atoms with Crippen molar-refractivity contribution in [2.75, 3.05) is 18.5 Å². The molecule has 0 radical (unpaired) electrons. The molecule has 32 heavy (non-hydrogen) atoms. The van der Waals surface area contributed by atoms with Crippen LogP contribution in [-0.4, -0.2) is 88.7 Å². The summed E-state index contributed by atoms with van der Waals surface area (Å²) in [7, 11) is 0. The molecule has 12 heteroatoms. The fourth-order valence-electron chi connectivity index (χ4n) is 3.92. The molecule has 1 unspecified atom stereocenters. The van der Waals surface area contributed by atoms with Crippen molar-refractivity contribution in [2.24, 2.45) is 0 Å². The molecule has 0 spiro atoms. The van der Waals surface area contributed by atoms with Crippen LogP contribution in [0, 0.1) is 0 Å². The van der Waals surface area contributed by atoms with Crippen molar-refractivity contribution in [2.45, 2.75) is 82.1 Å². The lowest BCUT2D eigenvalue weighted by Crippen LogP contribution is -2.38. The first-order valence-corrected chi connectivity index (χ1v) is 11.0. The molecule has 3 rings (SSSR count). The van der Waals surface area contributed by atoms with Gasteiger partial charge in [-0.15, -0.1) is 0 Å². The summed E-state index contributed by atoms with van der Waals surface area (Å²) in [5, 5.41) is 52.1. The zero-order valence-electron chi connectivity index (χ0n) is 18.1. The number of hydrogen-bond acceptors (Lipinski definition) is 10. The number of aliphatic hydroxyl groups excluding tert-OH is 5. The molecule has 3 heterocycles. The molecule has 7 N–H and O–H groups in total. The lowest BCUT2D eigenvalue weighted by molar-refractivity contribution is -0.0432. The van der Waals surface area contributed by atoms with Gasteiger partial charge in [0.25, 0.3) is 5.56 Å². The molecule has 1 aliphatic heterocycles. The van der Waals surface area contributed by atoms with Gasteiger partial charge in [0.2, 0.25) is 5.95 Å². The lowest BCUT2D eigenvalue weighted by Gasteiger charge is -2.26. The van der Waals surface area contributed by atoms with Gasteiger partial charge < -0.3 is 35.6 Å². The third-order valence-electron chi connectivity index (χ3n) is 5.75. The fraction of sp³-hybridized carbons (Fsp3) is 0.750. The average Bonchev–Trinajstić information content (AvgIpc) is 3.36. The molecule has 0 saturated carbocycles. The zero-order chi connectivity index (χ0) is 23.3. The van der Waals surface area contributed by atoms with E-state index in [1.807, 2.05) is 0 Å². The summed E-state index contributed by atoms with van der Waals surface area (Å²) in [5.74, 6) is 0.0752. The van der Waals surface area contributed by atoms with Crippen molar-refractivity contribution in [1.82, 2.24) is 19.5 Å². The van der Waals surface area contributed by atoms with Gasteiger partial charge in [0.05, 0.1) is 43.9 Å². The molecule has 0 bridgehead atoms. The highest BCUT2D eigenvalue weighted by Crippen LogP contribution is 2.30. The van der Waals surface area contributed by atoms with Crippen molar-refractivity contribution in [1.29, 1.82) is 0 Å². The van der Waals surface area contributed by atoms with E-state index in [-0.39, 0.29) is 36.6 Å². The second-order valence-electron chi connectivity index (χ2n) is 8.24. The number of ether oxygens (including phenoxy) is 1. The minimum Gasteiger partial charge on any atom is -0.394 e. The number of anilines is 1. The first-order chi connectivity index (χ1) is 15.4. The zero-order valence-corrected chi connectivity index (χ0v) is 18.1. The predicted molar refractivity (Wildman–Crippen MR) is 115 cm³/mol. The Labute approximate surface area is 184 Å². The summed E-state index contributed by atoms with van der Waals surface area (Å²) in [4.78, 5) is 23.7. The number of nitrogens with zero attached hydrogens (tertiary/aromatic N) is 3. The highest BCUT2D eigenvalue weighted by atomic mass is 16.5. The maximum Gasteiger partial charge on any atom is 0.280 e. The van der Waals surface area contributed by atoms with Gasteiger partial charge in [-0.1, -0.05) is 26.2 Å². The molecule has 2 aromatic rings. The summed E-state index contributed by atoms with van der Waals surface area (Å²) in [5.41, 5.74) is -0.207. The van der Waals surface area contributed by atoms with E-state index in [0.29, 0.717) is 6.42 Å². The van der Waals surface area contributed by atoms with Gasteiger partial charge in [0.1, 0.15) is 12.3 Å². The Morgan fingerprint density at radius 1 is 1.34 bits per heavy atom. The molecule has 180 valence electrons. The SMILES string of the molecule is CCCCC[C@H](O)[C@@H](CC(O)CO)Nc1nc2c(ncn2[C@H]2C[C@H](O)[C@@H](CO)O2)c(=O)[nH]1. The highest BCUT2D eigenvalue weighted by molar-refractivity contribution is 5.71. The predicted octanol–water partition coefficient (Wildman–Crippen LogP) is -0.775. The maximum atomic E-state index is 12.6. The van der Waals surface area contributed by atoms with Crippen LogP contribution in [0.3, 0.4) is 0 Å². The van der Waals surface area contributed by atoms with Gasteiger partial charge in [-0.25, -0.2) is 4.98 Å². The number of aliphatic hydroxyl groups is 5. The van der Waals surface area contributed by atoms with E-state index in [1.165, 1.54) is 10.9 Å². The van der Waals surface area contributed by atoms with Crippen molar-refractivity contribution in [3.63, 3.8) is 0 Å². The number of hydrogen-bond donors (Lipinski definition) is 7. The Hall–Kier alpha value is -2.09. The van der Waals surface area contributed by atoms with Crippen LogP contribution in [-0.2, 0) is 4.74 Å². The van der Waals surface area contributed by atoms with Gasteiger partial charge in [-0.2, -0.15) is 4.98 Å². The van der Waals surface area contributed by atoms with Crippen molar-refractivity contribution >= 4 is 17.1 Å². The van der Waals surface area contributed by atoms with Crippen LogP contribution in [0.5, 0.6) is 0 Å². The number of nitrogens with one attached hydrogen (secondary N) is 2. The fourth-order valence-corrected chi connectivity index (χ4v) is 3.92. The molecular formula is C20H33N5O7. The Kier molecular flexibility index (Phi) is 8.57. The maximum absolute atomic E-state index is 12.6. The number of H-pyrrole nitrogens is 1. The van der Waals surface area contributed by atoms with Gasteiger partial charge in [-0.3, -0.25) is 14.3 Å². The molecule has 12 nitrogen and oxygen atoms in total. The van der Waals surface area contributed by atoms with Gasteiger partial charge in [-0.05, 0) is 12.8 Å². The molecule has 2 aromatic heterocycles. The monoisotopic (exact) mass is 455 g/mol. The molecular weight excluding hydrogens is 422 g/mol. The Morgan fingerprint density at radius 3 is 2.78 bits per heavy atom. The molecule has 0 aromatic carbocycles. The first-order valence-electron chi connectivity index (χ1n) is 11.0. The largest absolute Gasteiger partial charge is 0.394 e. The Morgan fingerprint density at radius 2 is 2.12 bits per heavy atom. The number of fused-ring (bicyclic) bond motifs is 1. The van der Waals surface area contributed by atoms with Crippen LogP contribution in [0.15, 0.2) is 11.1 Å². The van der Waals surface area contributed by atoms with E-state index >= 15 is 0 Å². The quantitative estimate of drug-likeness (QED) is 0.200. The van der Waals surface area contributed by atoms with Crippen LogP contribution >= 0.6 is 0 Å². The summed E-state index contributed by atoms with van der Waals surface area (Å²) < 4.78 is 7.16. The van der Waals surface area contributed by atoms with E-state index in [2.05, 4.69) is 27.2 Å². The Bertz CT molecular complexity index is 919. The Balaban J connectivity index is 1.85. The van der Waals surface area contributed by atoms with Crippen molar-refractivity contribution in [3.8, 4) is 0 Å². The van der Waals surface area contributed by atoms with E-state index in [9.17, 15) is 30.3 Å². The van der Waals surface area contributed by atoms with E-state index in [1.54, 1.807) is 0 Å². The molecule has 0 aliphatic carbocycles. The van der Waals surface area contributed by atoms with Crippen molar-refractivity contribution in [3.05, 3.63) is 16.7 Å². The minimum atomic E-state index is -1.04. The summed E-state index contributed by atoms with van der Waals surface area (Å²) in [6.45, 7) is 1.26. The summed E-state index contributed by atoms with van der Waals surface area (Å²) >= 11 is 0. The second-order valence-corrected chi connectivity index (χ2v) is 8.24. The van der Waals surface area contributed by atoms with E-state index < -0.39 is 48.9 Å². The third kappa shape index (κ3) is 5.63. The van der Waals surface area contributed by atoms with Crippen LogP contribution in [0.2, 0.25) is 0 Å². The molecule has 6 atom stereocenters. The van der Waals surface area contributed by atoms with Crippen LogP contribution in [0.1, 0.15) is 51.7 Å². The average molecular weight is 456 g/mol. The van der Waals surface area contributed by atoms with Gasteiger partial charge in [0, 0.05) is 6.42 Å². The lowest BCUT2D eigenvalue weighted by atomic mass is 9.99. The number of aromatic amines is 1. The number of aromatic nitrogens is 4. The standard InChI is InChI=1S/C20H33N5O7/c1-2-3-4-5-13(29)12(6-11(28)8-26)22-20-23-18-17(19(31)24-20)21-10-25(18)16-7-14(30)15(9-27)32-16/h10-16,26-30H,2-9H2,1H3,(H2,22,23,24,31)/t11?,12-,13+,14+,15-,16-/m1/s1. The van der Waals surface area contributed by atoms with Crippen molar-refractivity contribution < 1.29 is 30.3 Å². The van der Waals surface area contributed by atoms with E-state index in [0.717, 1.165) is 19.3 Å². The summed E-state index contributed by atoms with van der Waals surface area (Å²) in [6.07, 6.45) is 0.772. The van der Waals surface area contributed by atoms with Crippen LogP contribution < -0.4 is 10.9 Å². The summed E-state index contributed by atoms with van der Waals surface area (Å²) in [6, 6.07) is -0.658. The highest BCUT2D eigenvalue weighted by Gasteiger charge is 2.35. The van der Waals surface area contributed by atoms with E-state index in [4.69, 9.17) is 4.74 Å².